The number of carbonyl (C=O) groups excluding carboxylic acids is 1. The predicted octanol–water partition coefficient (Wildman–Crippen LogP) is 1.96. The molecule has 0 bridgehead atoms. The van der Waals surface area contributed by atoms with Crippen molar-refractivity contribution < 1.29 is 4.79 Å². The molecule has 1 heterocycles. The van der Waals surface area contributed by atoms with Crippen molar-refractivity contribution in [3.63, 3.8) is 0 Å². The van der Waals surface area contributed by atoms with Gasteiger partial charge < -0.3 is 4.90 Å². The molecule has 0 spiro atoms. The zero-order chi connectivity index (χ0) is 11.7. The summed E-state index contributed by atoms with van der Waals surface area (Å²) in [6.45, 7) is 4.63. The van der Waals surface area contributed by atoms with Crippen LogP contribution in [0.1, 0.15) is 23.0 Å². The van der Waals surface area contributed by atoms with Crippen LogP contribution in [-0.2, 0) is 0 Å². The molecule has 1 N–H and O–H groups in total. The summed E-state index contributed by atoms with van der Waals surface area (Å²) in [5.74, 6) is -0.0423. The maximum atomic E-state index is 12.0. The van der Waals surface area contributed by atoms with Gasteiger partial charge in [-0.2, -0.15) is 5.10 Å². The summed E-state index contributed by atoms with van der Waals surface area (Å²) in [7, 11) is 1.78. The normalized spacial score (nSPS) is 10.7. The van der Waals surface area contributed by atoms with Gasteiger partial charge in [0.1, 0.15) is 0 Å². The summed E-state index contributed by atoms with van der Waals surface area (Å²) >= 11 is 0. The van der Waals surface area contributed by atoms with Crippen LogP contribution in [0.3, 0.4) is 0 Å². The monoisotopic (exact) mass is 217 g/mol. The van der Waals surface area contributed by atoms with Crippen LogP contribution in [-0.4, -0.2) is 34.6 Å². The highest BCUT2D eigenvalue weighted by Gasteiger charge is 2.16. The molecule has 84 valence electrons. The van der Waals surface area contributed by atoms with E-state index < -0.39 is 0 Å². The molecule has 2 rings (SSSR count). The molecule has 0 aliphatic heterocycles. The maximum Gasteiger partial charge on any atom is 0.274 e. The number of H-pyrrole nitrogens is 1. The fourth-order valence-corrected chi connectivity index (χ4v) is 1.62. The molecular weight excluding hydrogens is 202 g/mol. The van der Waals surface area contributed by atoms with Crippen molar-refractivity contribution >= 4 is 16.8 Å². The minimum atomic E-state index is -0.0423. The molecule has 0 aliphatic carbocycles. The molecule has 0 fully saturated rings. The van der Waals surface area contributed by atoms with E-state index in [9.17, 15) is 4.79 Å². The van der Waals surface area contributed by atoms with E-state index in [1.165, 1.54) is 0 Å². The molecule has 0 saturated carbocycles. The number of carbonyl (C=O) groups is 1. The van der Waals surface area contributed by atoms with Crippen LogP contribution < -0.4 is 0 Å². The molecule has 0 saturated heterocycles. The van der Waals surface area contributed by atoms with E-state index in [0.717, 1.165) is 16.5 Å². The van der Waals surface area contributed by atoms with Gasteiger partial charge in [-0.1, -0.05) is 11.6 Å². The molecule has 0 atom stereocenters. The van der Waals surface area contributed by atoms with Crippen molar-refractivity contribution in [1.29, 1.82) is 0 Å². The third-order valence-corrected chi connectivity index (χ3v) is 2.74. The number of rotatable bonds is 2. The van der Waals surface area contributed by atoms with E-state index in [1.54, 1.807) is 11.9 Å². The number of aromatic amines is 1. The van der Waals surface area contributed by atoms with Crippen molar-refractivity contribution in [2.75, 3.05) is 13.6 Å². The molecular formula is C12H15N3O. The Morgan fingerprint density at radius 3 is 2.94 bits per heavy atom. The molecule has 16 heavy (non-hydrogen) atoms. The van der Waals surface area contributed by atoms with Gasteiger partial charge in [-0.3, -0.25) is 9.89 Å². The first-order valence-corrected chi connectivity index (χ1v) is 5.33. The smallest absolute Gasteiger partial charge is 0.274 e. The second-order valence-corrected chi connectivity index (χ2v) is 3.94. The predicted molar refractivity (Wildman–Crippen MR) is 63.5 cm³/mol. The van der Waals surface area contributed by atoms with Gasteiger partial charge in [0.2, 0.25) is 0 Å². The van der Waals surface area contributed by atoms with Crippen molar-refractivity contribution in [1.82, 2.24) is 15.1 Å². The van der Waals surface area contributed by atoms with E-state index in [4.69, 9.17) is 0 Å². The lowest BCUT2D eigenvalue weighted by atomic mass is 10.1. The van der Waals surface area contributed by atoms with Gasteiger partial charge in [0.25, 0.3) is 5.91 Å². The van der Waals surface area contributed by atoms with Crippen molar-refractivity contribution in [3.8, 4) is 0 Å². The van der Waals surface area contributed by atoms with Crippen LogP contribution >= 0.6 is 0 Å². The number of aromatic nitrogens is 2. The first-order chi connectivity index (χ1) is 7.63. The summed E-state index contributed by atoms with van der Waals surface area (Å²) in [5, 5.41) is 7.86. The second kappa shape index (κ2) is 3.96. The molecule has 1 aromatic heterocycles. The average molecular weight is 217 g/mol. The Bertz CT molecular complexity index is 530. The number of amides is 1. The zero-order valence-electron chi connectivity index (χ0n) is 9.74. The lowest BCUT2D eigenvalue weighted by Crippen LogP contribution is -2.26. The van der Waals surface area contributed by atoms with Gasteiger partial charge in [0, 0.05) is 19.0 Å². The van der Waals surface area contributed by atoms with Gasteiger partial charge in [-0.25, -0.2) is 0 Å². The summed E-state index contributed by atoms with van der Waals surface area (Å²) < 4.78 is 0. The lowest BCUT2D eigenvalue weighted by Gasteiger charge is -2.12. The van der Waals surface area contributed by atoms with Crippen LogP contribution in [0.4, 0.5) is 0 Å². The van der Waals surface area contributed by atoms with Crippen LogP contribution in [0.5, 0.6) is 0 Å². The van der Waals surface area contributed by atoms with Crippen LogP contribution in [0, 0.1) is 6.92 Å². The Balaban J connectivity index is 2.53. The number of hydrogen-bond donors (Lipinski definition) is 1. The van der Waals surface area contributed by atoms with E-state index >= 15 is 0 Å². The van der Waals surface area contributed by atoms with Gasteiger partial charge >= 0.3 is 0 Å². The Labute approximate surface area is 94.3 Å². The van der Waals surface area contributed by atoms with Gasteiger partial charge in [-0.15, -0.1) is 0 Å². The topological polar surface area (TPSA) is 49.0 Å². The standard InChI is InChI=1S/C12H15N3O/c1-4-15(3)12(16)11-9-7-8(2)5-6-10(9)13-14-11/h5-7H,4H2,1-3H3,(H,13,14). The summed E-state index contributed by atoms with van der Waals surface area (Å²) in [6, 6.07) is 5.92. The molecule has 1 amide bonds. The molecule has 0 unspecified atom stereocenters. The number of fused-ring (bicyclic) bond motifs is 1. The molecule has 1 aromatic carbocycles. The first kappa shape index (κ1) is 10.7. The second-order valence-electron chi connectivity index (χ2n) is 3.94. The third-order valence-electron chi connectivity index (χ3n) is 2.74. The number of nitrogens with zero attached hydrogens (tertiary/aromatic N) is 2. The number of benzene rings is 1. The van der Waals surface area contributed by atoms with Crippen LogP contribution in [0.25, 0.3) is 10.9 Å². The summed E-state index contributed by atoms with van der Waals surface area (Å²) in [6.07, 6.45) is 0. The Morgan fingerprint density at radius 2 is 2.25 bits per heavy atom. The van der Waals surface area contributed by atoms with E-state index in [0.29, 0.717) is 12.2 Å². The van der Waals surface area contributed by atoms with E-state index in [-0.39, 0.29) is 5.91 Å². The lowest BCUT2D eigenvalue weighted by molar-refractivity contribution is 0.0798. The zero-order valence-corrected chi connectivity index (χ0v) is 9.74. The summed E-state index contributed by atoms with van der Waals surface area (Å²) in [5.41, 5.74) is 2.53. The first-order valence-electron chi connectivity index (χ1n) is 5.33. The molecule has 2 aromatic rings. The van der Waals surface area contributed by atoms with Gasteiger partial charge in [-0.05, 0) is 26.0 Å². The highest BCUT2D eigenvalue weighted by atomic mass is 16.2. The van der Waals surface area contributed by atoms with Gasteiger partial charge in [0.05, 0.1) is 5.52 Å². The van der Waals surface area contributed by atoms with Crippen molar-refractivity contribution in [2.45, 2.75) is 13.8 Å². The number of aryl methyl sites for hydroxylation is 1. The molecule has 0 aliphatic rings. The van der Waals surface area contributed by atoms with Gasteiger partial charge in [0.15, 0.2) is 5.69 Å². The van der Waals surface area contributed by atoms with Crippen LogP contribution in [0.15, 0.2) is 18.2 Å². The quantitative estimate of drug-likeness (QED) is 0.836. The van der Waals surface area contributed by atoms with E-state index in [2.05, 4.69) is 10.2 Å². The van der Waals surface area contributed by atoms with Crippen molar-refractivity contribution in [3.05, 3.63) is 29.5 Å². The molecule has 4 nitrogen and oxygen atoms in total. The Kier molecular flexibility index (Phi) is 2.64. The fraction of sp³-hybridized carbons (Fsp3) is 0.333. The van der Waals surface area contributed by atoms with Crippen molar-refractivity contribution in [2.24, 2.45) is 0 Å². The van der Waals surface area contributed by atoms with E-state index in [1.807, 2.05) is 32.0 Å². The number of nitrogens with one attached hydrogen (secondary N) is 1. The summed E-state index contributed by atoms with van der Waals surface area (Å²) in [4.78, 5) is 13.7. The molecule has 0 radical (unpaired) electrons. The minimum Gasteiger partial charge on any atom is -0.341 e. The third kappa shape index (κ3) is 1.66. The largest absolute Gasteiger partial charge is 0.341 e. The highest BCUT2D eigenvalue weighted by molar-refractivity contribution is 6.04. The molecule has 4 heteroatoms. The highest BCUT2D eigenvalue weighted by Crippen LogP contribution is 2.18. The Hall–Kier alpha value is -1.84. The number of hydrogen-bond acceptors (Lipinski definition) is 2. The minimum absolute atomic E-state index is 0.0423. The van der Waals surface area contributed by atoms with Crippen LogP contribution in [0.2, 0.25) is 0 Å². The average Bonchev–Trinajstić information content (AvgIpc) is 2.69. The Morgan fingerprint density at radius 1 is 1.50 bits per heavy atom. The fourth-order valence-electron chi connectivity index (χ4n) is 1.62. The SMILES string of the molecule is CCN(C)C(=O)c1n[nH]c2ccc(C)cc12. The maximum absolute atomic E-state index is 12.0.